The molecule has 1 fully saturated rings. The summed E-state index contributed by atoms with van der Waals surface area (Å²) in [6, 6.07) is 6.94. The van der Waals surface area contributed by atoms with Gasteiger partial charge in [-0.15, -0.1) is 5.10 Å². The van der Waals surface area contributed by atoms with Crippen LogP contribution in [0.4, 0.5) is 11.4 Å². The molecule has 7 heteroatoms. The number of nitrogens with one attached hydrogen (secondary N) is 3. The van der Waals surface area contributed by atoms with E-state index in [9.17, 15) is 9.59 Å². The molecule has 0 saturated heterocycles. The minimum atomic E-state index is -0.380. The molecule has 7 nitrogen and oxygen atoms in total. The lowest BCUT2D eigenvalue weighted by molar-refractivity contribution is -0.117. The van der Waals surface area contributed by atoms with Gasteiger partial charge in [0, 0.05) is 17.3 Å². The summed E-state index contributed by atoms with van der Waals surface area (Å²) in [4.78, 5) is 27.4. The Bertz CT molecular complexity index is 673. The lowest BCUT2D eigenvalue weighted by Crippen LogP contribution is -2.15. The average molecular weight is 285 g/mol. The molecule has 0 unspecified atom stereocenters. The SMILES string of the molecule is Cc1nc(C(=O)Nc2ccc(NC(=O)C3CC3)cc2)n[nH]1. The van der Waals surface area contributed by atoms with E-state index in [1.807, 2.05) is 0 Å². The molecule has 1 heterocycles. The molecule has 3 N–H and O–H groups in total. The molecular weight excluding hydrogens is 270 g/mol. The third-order valence-electron chi connectivity index (χ3n) is 3.16. The predicted octanol–water partition coefficient (Wildman–Crippen LogP) is 1.71. The van der Waals surface area contributed by atoms with Crippen molar-refractivity contribution in [2.24, 2.45) is 5.92 Å². The van der Waals surface area contributed by atoms with Crippen LogP contribution >= 0.6 is 0 Å². The summed E-state index contributed by atoms with van der Waals surface area (Å²) in [7, 11) is 0. The maximum atomic E-state index is 11.9. The molecule has 3 rings (SSSR count). The number of benzene rings is 1. The third kappa shape index (κ3) is 3.25. The van der Waals surface area contributed by atoms with E-state index < -0.39 is 0 Å². The molecule has 21 heavy (non-hydrogen) atoms. The van der Waals surface area contributed by atoms with Gasteiger partial charge in [0.1, 0.15) is 5.82 Å². The van der Waals surface area contributed by atoms with Crippen molar-refractivity contribution >= 4 is 23.2 Å². The van der Waals surface area contributed by atoms with E-state index in [0.29, 0.717) is 11.5 Å². The number of aromatic amines is 1. The molecule has 0 aliphatic heterocycles. The van der Waals surface area contributed by atoms with Crippen LogP contribution in [-0.2, 0) is 4.79 Å². The van der Waals surface area contributed by atoms with Crippen LogP contribution in [0.1, 0.15) is 29.3 Å². The van der Waals surface area contributed by atoms with E-state index in [1.165, 1.54) is 0 Å². The van der Waals surface area contributed by atoms with Gasteiger partial charge < -0.3 is 10.6 Å². The van der Waals surface area contributed by atoms with E-state index >= 15 is 0 Å². The fourth-order valence-corrected chi connectivity index (χ4v) is 1.86. The highest BCUT2D eigenvalue weighted by Crippen LogP contribution is 2.30. The number of hydrogen-bond acceptors (Lipinski definition) is 4. The van der Waals surface area contributed by atoms with Crippen molar-refractivity contribution in [1.82, 2.24) is 15.2 Å². The minimum Gasteiger partial charge on any atom is -0.326 e. The van der Waals surface area contributed by atoms with Crippen LogP contribution in [0.15, 0.2) is 24.3 Å². The Morgan fingerprint density at radius 1 is 1.14 bits per heavy atom. The molecule has 0 spiro atoms. The molecule has 1 aliphatic carbocycles. The average Bonchev–Trinajstić information content (AvgIpc) is 3.23. The van der Waals surface area contributed by atoms with Gasteiger partial charge in [0.05, 0.1) is 0 Å². The highest BCUT2D eigenvalue weighted by Gasteiger charge is 2.29. The van der Waals surface area contributed by atoms with Gasteiger partial charge in [0.2, 0.25) is 11.7 Å². The number of hydrogen-bond donors (Lipinski definition) is 3. The Balaban J connectivity index is 1.61. The lowest BCUT2D eigenvalue weighted by atomic mass is 10.2. The number of aromatic nitrogens is 3. The normalized spacial score (nSPS) is 13.8. The number of amides is 2. The Hall–Kier alpha value is -2.70. The van der Waals surface area contributed by atoms with Gasteiger partial charge in [0.15, 0.2) is 0 Å². The van der Waals surface area contributed by atoms with Gasteiger partial charge in [-0.05, 0) is 44.0 Å². The summed E-state index contributed by atoms with van der Waals surface area (Å²) in [6.07, 6.45) is 1.94. The summed E-state index contributed by atoms with van der Waals surface area (Å²) in [5.41, 5.74) is 1.34. The van der Waals surface area contributed by atoms with Crippen molar-refractivity contribution in [3.63, 3.8) is 0 Å². The fraction of sp³-hybridized carbons (Fsp3) is 0.286. The number of nitrogens with zero attached hydrogens (tertiary/aromatic N) is 2. The van der Waals surface area contributed by atoms with Crippen LogP contribution in [-0.4, -0.2) is 27.0 Å². The molecule has 0 bridgehead atoms. The smallest absolute Gasteiger partial charge is 0.295 e. The Morgan fingerprint density at radius 2 is 1.76 bits per heavy atom. The zero-order valence-corrected chi connectivity index (χ0v) is 11.5. The topological polar surface area (TPSA) is 99.8 Å². The molecule has 1 saturated carbocycles. The zero-order chi connectivity index (χ0) is 14.8. The van der Waals surface area contributed by atoms with Crippen molar-refractivity contribution in [2.75, 3.05) is 10.6 Å². The van der Waals surface area contributed by atoms with Crippen LogP contribution in [0.5, 0.6) is 0 Å². The number of anilines is 2. The largest absolute Gasteiger partial charge is 0.326 e. The first-order chi connectivity index (χ1) is 10.1. The maximum Gasteiger partial charge on any atom is 0.295 e. The van der Waals surface area contributed by atoms with Crippen LogP contribution in [0.3, 0.4) is 0 Å². The fourth-order valence-electron chi connectivity index (χ4n) is 1.86. The summed E-state index contributed by atoms with van der Waals surface area (Å²) < 4.78 is 0. The lowest BCUT2D eigenvalue weighted by Gasteiger charge is -2.06. The molecule has 0 atom stereocenters. The van der Waals surface area contributed by atoms with Crippen LogP contribution in [0.25, 0.3) is 0 Å². The Kier molecular flexibility index (Phi) is 3.39. The van der Waals surface area contributed by atoms with Crippen molar-refractivity contribution in [3.8, 4) is 0 Å². The van der Waals surface area contributed by atoms with Gasteiger partial charge in [-0.1, -0.05) is 0 Å². The molecule has 1 aromatic heterocycles. The highest BCUT2D eigenvalue weighted by molar-refractivity contribution is 6.01. The molecule has 1 aromatic carbocycles. The highest BCUT2D eigenvalue weighted by atomic mass is 16.2. The summed E-state index contributed by atoms with van der Waals surface area (Å²) >= 11 is 0. The van der Waals surface area contributed by atoms with Crippen LogP contribution < -0.4 is 10.6 Å². The van der Waals surface area contributed by atoms with Gasteiger partial charge in [-0.25, -0.2) is 4.98 Å². The van der Waals surface area contributed by atoms with Gasteiger partial charge in [-0.3, -0.25) is 14.7 Å². The monoisotopic (exact) mass is 285 g/mol. The van der Waals surface area contributed by atoms with E-state index in [-0.39, 0.29) is 23.6 Å². The minimum absolute atomic E-state index is 0.0583. The van der Waals surface area contributed by atoms with Crippen molar-refractivity contribution in [2.45, 2.75) is 19.8 Å². The molecular formula is C14H15N5O2. The Labute approximate surface area is 121 Å². The summed E-state index contributed by atoms with van der Waals surface area (Å²) in [5.74, 6) is 0.521. The first-order valence-electron chi connectivity index (χ1n) is 6.73. The second-order valence-electron chi connectivity index (χ2n) is 5.04. The van der Waals surface area contributed by atoms with E-state index in [2.05, 4.69) is 25.8 Å². The number of aryl methyl sites for hydroxylation is 1. The van der Waals surface area contributed by atoms with Crippen molar-refractivity contribution in [3.05, 3.63) is 35.9 Å². The van der Waals surface area contributed by atoms with Crippen molar-refractivity contribution < 1.29 is 9.59 Å². The second-order valence-corrected chi connectivity index (χ2v) is 5.04. The first-order valence-corrected chi connectivity index (χ1v) is 6.73. The molecule has 2 amide bonds. The number of rotatable bonds is 4. The quantitative estimate of drug-likeness (QED) is 0.796. The van der Waals surface area contributed by atoms with E-state index in [0.717, 1.165) is 18.5 Å². The molecule has 0 radical (unpaired) electrons. The first kappa shape index (κ1) is 13.3. The van der Waals surface area contributed by atoms with E-state index in [4.69, 9.17) is 0 Å². The number of carbonyl (C=O) groups excluding carboxylic acids is 2. The van der Waals surface area contributed by atoms with Gasteiger partial charge >= 0.3 is 0 Å². The Morgan fingerprint density at radius 3 is 2.29 bits per heavy atom. The van der Waals surface area contributed by atoms with Crippen LogP contribution in [0.2, 0.25) is 0 Å². The summed E-state index contributed by atoms with van der Waals surface area (Å²) in [6.45, 7) is 1.72. The van der Waals surface area contributed by atoms with Gasteiger partial charge in [0.25, 0.3) is 5.91 Å². The summed E-state index contributed by atoms with van der Waals surface area (Å²) in [5, 5.41) is 11.9. The molecule has 108 valence electrons. The molecule has 2 aromatic rings. The van der Waals surface area contributed by atoms with E-state index in [1.54, 1.807) is 31.2 Å². The van der Waals surface area contributed by atoms with Crippen LogP contribution in [0, 0.1) is 12.8 Å². The number of H-pyrrole nitrogens is 1. The predicted molar refractivity (Wildman–Crippen MR) is 76.9 cm³/mol. The van der Waals surface area contributed by atoms with Crippen molar-refractivity contribution in [1.29, 1.82) is 0 Å². The second kappa shape index (κ2) is 5.35. The maximum absolute atomic E-state index is 11.9. The third-order valence-corrected chi connectivity index (χ3v) is 3.16. The standard InChI is InChI=1S/C14H15N5O2/c1-8-15-12(19-18-8)14(21)17-11-6-4-10(5-7-11)16-13(20)9-2-3-9/h4-7,9H,2-3H2,1H3,(H,16,20)(H,17,21)(H,15,18,19). The zero-order valence-electron chi connectivity index (χ0n) is 11.5. The molecule has 1 aliphatic rings. The number of carbonyl (C=O) groups is 2. The van der Waals surface area contributed by atoms with Gasteiger partial charge in [-0.2, -0.15) is 0 Å².